The Hall–Kier alpha value is -1.74. The minimum Gasteiger partial charge on any atom is -0.308 e. The zero-order chi connectivity index (χ0) is 12.6. The number of nitrogens with one attached hydrogen (secondary N) is 1. The maximum absolute atomic E-state index is 4.34. The predicted molar refractivity (Wildman–Crippen MR) is 72.8 cm³/mol. The van der Waals surface area contributed by atoms with Crippen molar-refractivity contribution >= 4 is 0 Å². The predicted octanol–water partition coefficient (Wildman–Crippen LogP) is 2.40. The van der Waals surface area contributed by atoms with E-state index in [0.29, 0.717) is 6.04 Å². The molecule has 3 nitrogen and oxygen atoms in total. The monoisotopic (exact) mass is 240 g/mol. The molecule has 0 spiro atoms. The molecule has 93 valence electrons. The molecule has 0 fully saturated rings. The second-order valence-corrected chi connectivity index (χ2v) is 4.21. The van der Waals surface area contributed by atoms with Crippen molar-refractivity contribution in [2.75, 3.05) is 0 Å². The molecular formula is C15H18N3. The topological polar surface area (TPSA) is 37.8 Å². The van der Waals surface area contributed by atoms with Crippen LogP contribution in [0.15, 0.2) is 48.8 Å². The molecular weight excluding hydrogens is 222 g/mol. The second-order valence-electron chi connectivity index (χ2n) is 4.21. The number of hydrogen-bond acceptors (Lipinski definition) is 3. The van der Waals surface area contributed by atoms with Crippen LogP contribution in [0.25, 0.3) is 0 Å². The van der Waals surface area contributed by atoms with Gasteiger partial charge in [-0.3, -0.25) is 9.97 Å². The SMILES string of the molecule is [CH2]CC(Cc1ccccn1)NCc1ccccn1. The van der Waals surface area contributed by atoms with Crippen molar-refractivity contribution in [1.29, 1.82) is 0 Å². The van der Waals surface area contributed by atoms with E-state index in [4.69, 9.17) is 0 Å². The van der Waals surface area contributed by atoms with E-state index in [9.17, 15) is 0 Å². The lowest BCUT2D eigenvalue weighted by atomic mass is 10.1. The van der Waals surface area contributed by atoms with Crippen molar-refractivity contribution in [2.24, 2.45) is 0 Å². The van der Waals surface area contributed by atoms with Crippen LogP contribution in [0.1, 0.15) is 17.8 Å². The summed E-state index contributed by atoms with van der Waals surface area (Å²) in [6, 6.07) is 12.3. The van der Waals surface area contributed by atoms with Gasteiger partial charge in [-0.25, -0.2) is 0 Å². The molecule has 1 atom stereocenters. The van der Waals surface area contributed by atoms with Crippen molar-refractivity contribution in [3.8, 4) is 0 Å². The average molecular weight is 240 g/mol. The van der Waals surface area contributed by atoms with Gasteiger partial charge >= 0.3 is 0 Å². The van der Waals surface area contributed by atoms with E-state index in [1.807, 2.05) is 48.8 Å². The fraction of sp³-hybridized carbons (Fsp3) is 0.267. The molecule has 2 aromatic rings. The first-order valence-electron chi connectivity index (χ1n) is 6.21. The molecule has 1 unspecified atom stereocenters. The summed E-state index contributed by atoms with van der Waals surface area (Å²) in [5, 5.41) is 3.47. The summed E-state index contributed by atoms with van der Waals surface area (Å²) >= 11 is 0. The fourth-order valence-corrected chi connectivity index (χ4v) is 1.80. The molecule has 0 aliphatic carbocycles. The Kier molecular flexibility index (Phi) is 4.85. The van der Waals surface area contributed by atoms with Crippen molar-refractivity contribution in [1.82, 2.24) is 15.3 Å². The summed E-state index contributed by atoms with van der Waals surface area (Å²) in [6.07, 6.45) is 5.38. The minimum atomic E-state index is 0.335. The largest absolute Gasteiger partial charge is 0.308 e. The Morgan fingerprint density at radius 1 is 1.00 bits per heavy atom. The number of rotatable bonds is 6. The first kappa shape index (κ1) is 12.7. The third-order valence-corrected chi connectivity index (χ3v) is 2.83. The number of pyridine rings is 2. The maximum Gasteiger partial charge on any atom is 0.0541 e. The van der Waals surface area contributed by atoms with E-state index in [1.165, 1.54) is 0 Å². The second kappa shape index (κ2) is 6.87. The molecule has 2 rings (SSSR count). The maximum atomic E-state index is 4.34. The van der Waals surface area contributed by atoms with Crippen LogP contribution < -0.4 is 5.32 Å². The number of aromatic nitrogens is 2. The van der Waals surface area contributed by atoms with Gasteiger partial charge in [-0.2, -0.15) is 0 Å². The molecule has 2 aromatic heterocycles. The van der Waals surface area contributed by atoms with E-state index < -0.39 is 0 Å². The highest BCUT2D eigenvalue weighted by molar-refractivity contribution is 5.06. The average Bonchev–Trinajstić information content (AvgIpc) is 2.45. The molecule has 0 bridgehead atoms. The summed E-state index contributed by atoms with van der Waals surface area (Å²) in [5.74, 6) is 0. The molecule has 0 aliphatic heterocycles. The highest BCUT2D eigenvalue weighted by Gasteiger charge is 2.07. The first-order valence-corrected chi connectivity index (χ1v) is 6.21. The minimum absolute atomic E-state index is 0.335. The van der Waals surface area contributed by atoms with Crippen LogP contribution in [0, 0.1) is 6.92 Å². The molecule has 3 heteroatoms. The molecule has 18 heavy (non-hydrogen) atoms. The van der Waals surface area contributed by atoms with E-state index in [1.54, 1.807) is 0 Å². The van der Waals surface area contributed by atoms with Crippen LogP contribution in [0.2, 0.25) is 0 Å². The summed E-state index contributed by atoms with van der Waals surface area (Å²) in [4.78, 5) is 8.63. The van der Waals surface area contributed by atoms with Gasteiger partial charge in [-0.15, -0.1) is 0 Å². The van der Waals surface area contributed by atoms with E-state index in [-0.39, 0.29) is 0 Å². The highest BCUT2D eigenvalue weighted by atomic mass is 14.9. The molecule has 0 saturated heterocycles. The summed E-state index contributed by atoms with van der Waals surface area (Å²) < 4.78 is 0. The van der Waals surface area contributed by atoms with Gasteiger partial charge in [-0.1, -0.05) is 19.1 Å². The number of hydrogen-bond donors (Lipinski definition) is 1. The van der Waals surface area contributed by atoms with Gasteiger partial charge in [0.15, 0.2) is 0 Å². The van der Waals surface area contributed by atoms with Gasteiger partial charge in [0.05, 0.1) is 5.69 Å². The quantitative estimate of drug-likeness (QED) is 0.842. The van der Waals surface area contributed by atoms with Gasteiger partial charge in [-0.05, 0) is 30.7 Å². The Bertz CT molecular complexity index is 442. The lowest BCUT2D eigenvalue weighted by Gasteiger charge is -2.16. The van der Waals surface area contributed by atoms with Crippen LogP contribution in [0.3, 0.4) is 0 Å². The Morgan fingerprint density at radius 3 is 2.22 bits per heavy atom. The van der Waals surface area contributed by atoms with E-state index >= 15 is 0 Å². The van der Waals surface area contributed by atoms with E-state index in [0.717, 1.165) is 30.8 Å². The van der Waals surface area contributed by atoms with Crippen LogP contribution in [-0.4, -0.2) is 16.0 Å². The molecule has 2 heterocycles. The molecule has 0 aromatic carbocycles. The van der Waals surface area contributed by atoms with Crippen molar-refractivity contribution < 1.29 is 0 Å². The van der Waals surface area contributed by atoms with Crippen LogP contribution in [0.5, 0.6) is 0 Å². The fourth-order valence-electron chi connectivity index (χ4n) is 1.80. The number of nitrogens with zero attached hydrogens (tertiary/aromatic N) is 2. The standard InChI is InChI=1S/C15H18N3/c1-2-13(11-14-7-3-5-9-16-14)18-12-15-8-4-6-10-17-15/h3-10,13,18H,1-2,11-12H2. The molecule has 1 radical (unpaired) electrons. The highest BCUT2D eigenvalue weighted by Crippen LogP contribution is 2.03. The Morgan fingerprint density at radius 2 is 1.67 bits per heavy atom. The van der Waals surface area contributed by atoms with Crippen molar-refractivity contribution in [2.45, 2.75) is 25.4 Å². The molecule has 0 aliphatic rings. The summed E-state index contributed by atoms with van der Waals surface area (Å²) in [6.45, 7) is 4.76. The van der Waals surface area contributed by atoms with Crippen LogP contribution in [-0.2, 0) is 13.0 Å². The van der Waals surface area contributed by atoms with Gasteiger partial charge in [0.2, 0.25) is 0 Å². The van der Waals surface area contributed by atoms with Gasteiger partial charge in [0, 0.05) is 37.1 Å². The lowest BCUT2D eigenvalue weighted by molar-refractivity contribution is 0.502. The van der Waals surface area contributed by atoms with Crippen molar-refractivity contribution in [3.63, 3.8) is 0 Å². The zero-order valence-electron chi connectivity index (χ0n) is 10.4. The Labute approximate surface area is 108 Å². The Balaban J connectivity index is 1.86. The van der Waals surface area contributed by atoms with Crippen LogP contribution >= 0.6 is 0 Å². The first-order chi connectivity index (χ1) is 8.88. The smallest absolute Gasteiger partial charge is 0.0541 e. The third-order valence-electron chi connectivity index (χ3n) is 2.83. The van der Waals surface area contributed by atoms with Crippen molar-refractivity contribution in [3.05, 3.63) is 67.1 Å². The van der Waals surface area contributed by atoms with Crippen LogP contribution in [0.4, 0.5) is 0 Å². The van der Waals surface area contributed by atoms with Gasteiger partial charge in [0.1, 0.15) is 0 Å². The lowest BCUT2D eigenvalue weighted by Crippen LogP contribution is -2.30. The molecule has 1 N–H and O–H groups in total. The normalized spacial score (nSPS) is 12.3. The summed E-state index contributed by atoms with van der Waals surface area (Å²) in [7, 11) is 0. The molecule has 0 saturated carbocycles. The van der Waals surface area contributed by atoms with Gasteiger partial charge < -0.3 is 5.32 Å². The van der Waals surface area contributed by atoms with Gasteiger partial charge in [0.25, 0.3) is 0 Å². The molecule has 0 amide bonds. The third kappa shape index (κ3) is 3.93. The summed E-state index contributed by atoms with van der Waals surface area (Å²) in [5.41, 5.74) is 2.15. The zero-order valence-corrected chi connectivity index (χ0v) is 10.4. The van der Waals surface area contributed by atoms with E-state index in [2.05, 4.69) is 22.2 Å².